The number of benzene rings is 1. The van der Waals surface area contributed by atoms with E-state index in [9.17, 15) is 13.0 Å². The Morgan fingerprint density at radius 1 is 0.857 bits per heavy atom. The van der Waals surface area contributed by atoms with E-state index in [-0.39, 0.29) is 64.0 Å². The van der Waals surface area contributed by atoms with Crippen LogP contribution in [0, 0.1) is 0 Å². The van der Waals surface area contributed by atoms with Gasteiger partial charge in [-0.15, -0.1) is 0 Å². The summed E-state index contributed by atoms with van der Waals surface area (Å²) in [6.45, 7) is 2.24. The molecule has 9 heteroatoms. The first kappa shape index (κ1) is 33.0. The zero-order chi connectivity index (χ0) is 19.8. The van der Waals surface area contributed by atoms with Crippen LogP contribution >= 0.6 is 0 Å². The van der Waals surface area contributed by atoms with Crippen molar-refractivity contribution in [3.63, 3.8) is 0 Å². The van der Waals surface area contributed by atoms with Crippen molar-refractivity contribution < 1.29 is 87.1 Å². The molecule has 1 aromatic rings. The van der Waals surface area contributed by atoms with E-state index in [4.69, 9.17) is 15.0 Å². The van der Waals surface area contributed by atoms with Gasteiger partial charge in [-0.25, -0.2) is 0 Å². The number of hydrogen-bond donors (Lipinski definition) is 1. The normalized spacial score (nSPS) is 10.1. The maximum atomic E-state index is 11.3. The first-order chi connectivity index (χ1) is 12.3. The number of unbranched alkanes of at least 4 members (excludes halogenated alkanes) is 9. The van der Waals surface area contributed by atoms with Crippen molar-refractivity contribution in [2.45, 2.75) is 82.4 Å². The molecular weight excluding hydrogens is 402 g/mol. The van der Waals surface area contributed by atoms with Crippen LogP contribution < -0.4 is 69.3 Å². The molecule has 0 spiro atoms. The number of carbonyl (C=O) groups is 1. The second-order valence-corrected chi connectivity index (χ2v) is 7.65. The predicted octanol–water partition coefficient (Wildman–Crippen LogP) is -3.04. The summed E-state index contributed by atoms with van der Waals surface area (Å²) < 4.78 is 31.8. The Balaban J connectivity index is -0.000000948. The van der Waals surface area contributed by atoms with Gasteiger partial charge in [0.05, 0.1) is 4.90 Å². The Morgan fingerprint density at radius 2 is 1.25 bits per heavy atom. The molecule has 1 rings (SSSR count). The molecule has 6 nitrogen and oxygen atoms in total. The maximum Gasteiger partial charge on any atom is 1.00 e. The van der Waals surface area contributed by atoms with Gasteiger partial charge < -0.3 is 15.0 Å². The van der Waals surface area contributed by atoms with Crippen molar-refractivity contribution in [3.05, 3.63) is 29.8 Å². The van der Waals surface area contributed by atoms with Gasteiger partial charge in [-0.1, -0.05) is 82.9 Å². The quantitative estimate of drug-likeness (QED) is 0.213. The number of rotatable bonds is 12. The average Bonchev–Trinajstić information content (AvgIpc) is 2.55. The van der Waals surface area contributed by atoms with Gasteiger partial charge in [0.1, 0.15) is 0 Å². The number of aryl methyl sites for hydroxylation is 1. The number of carbonyl (C=O) groups excluding carboxylic acids is 1. The molecule has 0 saturated heterocycles. The summed E-state index contributed by atoms with van der Waals surface area (Å²) in [6.07, 6.45) is 11.0. The first-order valence-electron chi connectivity index (χ1n) is 9.22. The van der Waals surface area contributed by atoms with E-state index in [0.717, 1.165) is 18.4 Å². The number of hydrogen-bond acceptors (Lipinski definition) is 5. The van der Waals surface area contributed by atoms with Crippen molar-refractivity contribution in [2.24, 2.45) is 0 Å². The number of carboxylic acid groups (broad SMARTS) is 2. The summed E-state index contributed by atoms with van der Waals surface area (Å²) in [5.74, 6) is 0. The fourth-order valence-corrected chi connectivity index (χ4v) is 3.52. The standard InChI is InChI=1S/C18H30O3S.CH2O3.2Na/c1-2-3-4-5-6-7-8-9-10-11-14-17-15-12-13-16-18(17)22(19,20)21;2-1(3)4;;/h12-13,15-16H,2-11,14H2,1H3,(H,19,20,21);(H2,2,3,4);;/q;;2*+1/p-2. The zero-order valence-electron chi connectivity index (χ0n) is 17.5. The minimum atomic E-state index is -4.10. The largest absolute Gasteiger partial charge is 1.00 e. The van der Waals surface area contributed by atoms with Crippen LogP contribution in [0.2, 0.25) is 0 Å². The Bertz CT molecular complexity index is 604. The average molecular weight is 432 g/mol. The van der Waals surface area contributed by atoms with E-state index in [0.29, 0.717) is 6.42 Å². The Kier molecular flexibility index (Phi) is 24.4. The molecule has 0 unspecified atom stereocenters. The van der Waals surface area contributed by atoms with Gasteiger partial charge in [0.15, 0.2) is 0 Å². The fourth-order valence-electron chi connectivity index (χ4n) is 2.76. The summed E-state index contributed by atoms with van der Waals surface area (Å²) in [7, 11) is -4.10. The van der Waals surface area contributed by atoms with E-state index in [2.05, 4.69) is 6.92 Å². The van der Waals surface area contributed by atoms with E-state index in [1.54, 1.807) is 12.1 Å². The van der Waals surface area contributed by atoms with Crippen molar-refractivity contribution in [3.8, 4) is 0 Å². The van der Waals surface area contributed by atoms with Gasteiger partial charge in [-0.05, 0) is 30.6 Å². The Hall–Kier alpha value is 0.400. The van der Waals surface area contributed by atoms with Crippen molar-refractivity contribution in [2.75, 3.05) is 0 Å². The molecule has 28 heavy (non-hydrogen) atoms. The minimum Gasteiger partial charge on any atom is -0.652 e. The molecule has 150 valence electrons. The zero-order valence-corrected chi connectivity index (χ0v) is 22.3. The van der Waals surface area contributed by atoms with Crippen LogP contribution in [0.4, 0.5) is 4.79 Å². The topological polar surface area (TPSA) is 118 Å². The summed E-state index contributed by atoms with van der Waals surface area (Å²) in [5.41, 5.74) is 0.726. The fraction of sp³-hybridized carbons (Fsp3) is 0.632. The Morgan fingerprint density at radius 3 is 1.68 bits per heavy atom. The third-order valence-corrected chi connectivity index (χ3v) is 5.00. The van der Waals surface area contributed by atoms with Crippen LogP contribution in [0.15, 0.2) is 29.2 Å². The van der Waals surface area contributed by atoms with Crippen LogP contribution in [-0.4, -0.2) is 19.1 Å². The molecule has 0 heterocycles. The van der Waals surface area contributed by atoms with Crippen molar-refractivity contribution >= 4 is 16.3 Å². The van der Waals surface area contributed by atoms with Crippen LogP contribution in [0.5, 0.6) is 0 Å². The van der Waals surface area contributed by atoms with E-state index < -0.39 is 16.3 Å². The molecule has 0 bridgehead atoms. The van der Waals surface area contributed by atoms with Crippen LogP contribution in [0.1, 0.15) is 76.7 Å². The summed E-state index contributed by atoms with van der Waals surface area (Å²) in [5, 5.41) is 16.7. The summed E-state index contributed by atoms with van der Waals surface area (Å²) in [6, 6.07) is 6.73. The molecule has 0 atom stereocenters. The smallest absolute Gasteiger partial charge is 0.652 e. The molecule has 0 aliphatic heterocycles. The molecule has 0 amide bonds. The maximum absolute atomic E-state index is 11.3. The van der Waals surface area contributed by atoms with E-state index in [1.807, 2.05) is 6.07 Å². The summed E-state index contributed by atoms with van der Waals surface area (Å²) >= 11 is 0. The molecule has 0 aliphatic carbocycles. The van der Waals surface area contributed by atoms with Crippen LogP contribution in [0.3, 0.4) is 0 Å². The second kappa shape index (κ2) is 20.7. The van der Waals surface area contributed by atoms with Crippen LogP contribution in [0.25, 0.3) is 0 Å². The van der Waals surface area contributed by atoms with Gasteiger partial charge in [0.2, 0.25) is 0 Å². The summed E-state index contributed by atoms with van der Waals surface area (Å²) in [4.78, 5) is 8.39. The molecule has 1 N–H and O–H groups in total. The molecule has 0 fully saturated rings. The molecule has 0 radical (unpaired) electrons. The molecular formula is C19H30Na2O6S. The van der Waals surface area contributed by atoms with Gasteiger partial charge >= 0.3 is 59.1 Å². The third kappa shape index (κ3) is 19.7. The second-order valence-electron chi connectivity index (χ2n) is 6.26. The minimum absolute atomic E-state index is 0. The van der Waals surface area contributed by atoms with Gasteiger partial charge in [-0.3, -0.25) is 4.55 Å². The van der Waals surface area contributed by atoms with Crippen molar-refractivity contribution in [1.29, 1.82) is 0 Å². The Labute approximate surface area is 213 Å². The monoisotopic (exact) mass is 432 g/mol. The molecule has 0 aliphatic rings. The molecule has 0 aromatic heterocycles. The van der Waals surface area contributed by atoms with E-state index >= 15 is 0 Å². The third-order valence-electron chi connectivity index (χ3n) is 4.05. The predicted molar refractivity (Wildman–Crippen MR) is 97.2 cm³/mol. The van der Waals surface area contributed by atoms with Gasteiger partial charge in [-0.2, -0.15) is 8.42 Å². The first-order valence-corrected chi connectivity index (χ1v) is 10.7. The van der Waals surface area contributed by atoms with E-state index in [1.165, 1.54) is 57.4 Å². The van der Waals surface area contributed by atoms with Gasteiger partial charge in [0.25, 0.3) is 10.1 Å². The molecule has 1 aromatic carbocycles. The van der Waals surface area contributed by atoms with Crippen molar-refractivity contribution in [1.82, 2.24) is 0 Å². The van der Waals surface area contributed by atoms with Gasteiger partial charge in [0, 0.05) is 0 Å². The van der Waals surface area contributed by atoms with Crippen LogP contribution in [-0.2, 0) is 16.5 Å². The molecule has 0 saturated carbocycles. The SMILES string of the molecule is CCCCCCCCCCCCc1ccccc1S(=O)(=O)O.O=C([O-])[O-].[Na+].[Na+].